The maximum Gasteiger partial charge on any atom is 0.327 e. The summed E-state index contributed by atoms with van der Waals surface area (Å²) in [5, 5.41) is 8.52. The molecule has 0 unspecified atom stereocenters. The van der Waals surface area contributed by atoms with Gasteiger partial charge in [-0.2, -0.15) is 0 Å². The van der Waals surface area contributed by atoms with Gasteiger partial charge in [-0.05, 0) is 5.56 Å². The average Bonchev–Trinajstić information content (AvgIpc) is 2.07. The number of aliphatic carboxylic acids is 1. The molecule has 1 atom stereocenters. The van der Waals surface area contributed by atoms with E-state index in [0.29, 0.717) is 5.56 Å². The van der Waals surface area contributed by atoms with Gasteiger partial charge in [-0.1, -0.05) is 30.3 Å². The molecule has 0 saturated heterocycles. The largest absolute Gasteiger partial charge is 0.480 e. The Morgan fingerprint density at radius 3 is 2.42 bits per heavy atom. The van der Waals surface area contributed by atoms with Crippen LogP contribution in [-0.4, -0.2) is 11.1 Å². The van der Waals surface area contributed by atoms with Gasteiger partial charge < -0.3 is 5.11 Å². The van der Waals surface area contributed by atoms with Gasteiger partial charge in [0.15, 0.2) is 6.04 Å². The number of carboxylic acids is 1. The fourth-order valence-corrected chi connectivity index (χ4v) is 0.898. The molecule has 12 heavy (non-hydrogen) atoms. The quantitative estimate of drug-likeness (QED) is 0.670. The number of hydrogen-bond acceptors (Lipinski definition) is 2. The lowest BCUT2D eigenvalue weighted by atomic mass is 10.1. The summed E-state index contributed by atoms with van der Waals surface area (Å²) >= 11 is 0. The lowest BCUT2D eigenvalue weighted by molar-refractivity contribution is -0.141. The summed E-state index contributed by atoms with van der Waals surface area (Å²) in [4.78, 5) is 10.4. The van der Waals surface area contributed by atoms with E-state index in [-0.39, 0.29) is 0 Å². The minimum Gasteiger partial charge on any atom is -0.480 e. The predicted molar refractivity (Wildman–Crippen MR) is 41.1 cm³/mol. The highest BCUT2D eigenvalue weighted by Gasteiger charge is 2.18. The molecule has 0 heterocycles. The number of carbonyl (C=O) groups is 1. The summed E-state index contributed by atoms with van der Waals surface area (Å²) in [7, 11) is 0. The third kappa shape index (κ3) is 1.79. The first kappa shape index (κ1) is 8.67. The zero-order valence-electron chi connectivity index (χ0n) is 6.20. The summed E-state index contributed by atoms with van der Waals surface area (Å²) in [6, 6.07) is 6.87. The first-order valence-electron chi connectivity index (χ1n) is 3.39. The van der Waals surface area contributed by atoms with Gasteiger partial charge in [-0.3, -0.25) is 4.79 Å². The van der Waals surface area contributed by atoms with Crippen LogP contribution < -0.4 is 5.54 Å². The zero-order valence-corrected chi connectivity index (χ0v) is 6.20. The first-order valence-corrected chi connectivity index (χ1v) is 3.39. The molecule has 64 valence electrons. The van der Waals surface area contributed by atoms with E-state index in [0.717, 1.165) is 0 Å². The summed E-state index contributed by atoms with van der Waals surface area (Å²) in [5.74, 6) is -1.23. The van der Waals surface area contributed by atoms with Crippen molar-refractivity contribution in [2.45, 2.75) is 6.04 Å². The van der Waals surface area contributed by atoms with Crippen LogP contribution in [0.5, 0.6) is 0 Å². The second-order valence-electron chi connectivity index (χ2n) is 2.29. The normalized spacial score (nSPS) is 12.4. The molecule has 0 amide bonds. The molecule has 0 bridgehead atoms. The number of carboxylic acid groups (broad SMARTS) is 1. The monoisotopic (exact) mass is 169 g/mol. The van der Waals surface area contributed by atoms with Gasteiger partial charge >= 0.3 is 5.97 Å². The van der Waals surface area contributed by atoms with Crippen molar-refractivity contribution in [3.05, 3.63) is 35.9 Å². The topological polar surface area (TPSA) is 49.3 Å². The van der Waals surface area contributed by atoms with Crippen LogP contribution in [0.1, 0.15) is 11.6 Å². The number of benzene rings is 1. The van der Waals surface area contributed by atoms with Gasteiger partial charge in [0.25, 0.3) is 0 Å². The highest BCUT2D eigenvalue weighted by molar-refractivity contribution is 5.75. The third-order valence-corrected chi connectivity index (χ3v) is 1.49. The van der Waals surface area contributed by atoms with E-state index in [1.165, 1.54) is 5.54 Å². The zero-order chi connectivity index (χ0) is 8.97. The van der Waals surface area contributed by atoms with E-state index in [9.17, 15) is 9.28 Å². The maximum absolute atomic E-state index is 12.0. The minimum atomic E-state index is -1.27. The Morgan fingerprint density at radius 1 is 1.42 bits per heavy atom. The summed E-state index contributed by atoms with van der Waals surface area (Å²) in [6.45, 7) is 0. The Balaban J connectivity index is 2.88. The molecular weight excluding hydrogens is 161 g/mol. The number of halogens is 1. The maximum atomic E-state index is 12.0. The van der Waals surface area contributed by atoms with E-state index in [1.54, 1.807) is 30.3 Å². The Bertz CT molecular complexity index is 263. The van der Waals surface area contributed by atoms with Crippen molar-refractivity contribution in [3.63, 3.8) is 0 Å². The van der Waals surface area contributed by atoms with Crippen molar-refractivity contribution in [1.82, 2.24) is 5.54 Å². The van der Waals surface area contributed by atoms with Gasteiger partial charge in [0.2, 0.25) is 0 Å². The fourth-order valence-electron chi connectivity index (χ4n) is 0.898. The molecule has 1 aromatic rings. The Labute approximate surface area is 68.8 Å². The van der Waals surface area contributed by atoms with Crippen molar-refractivity contribution < 1.29 is 14.4 Å². The molecule has 1 aromatic carbocycles. The van der Waals surface area contributed by atoms with Crippen LogP contribution in [0.3, 0.4) is 0 Å². The first-order chi connectivity index (χ1) is 5.75. The molecule has 0 saturated carbocycles. The van der Waals surface area contributed by atoms with Gasteiger partial charge in [-0.25, -0.2) is 0 Å². The molecule has 0 fully saturated rings. The van der Waals surface area contributed by atoms with Crippen LogP contribution in [0.4, 0.5) is 4.48 Å². The van der Waals surface area contributed by atoms with Gasteiger partial charge in [0.05, 0.1) is 0 Å². The third-order valence-electron chi connectivity index (χ3n) is 1.49. The molecule has 4 heteroatoms. The van der Waals surface area contributed by atoms with Gasteiger partial charge in [-0.15, -0.1) is 10.0 Å². The minimum absolute atomic E-state index is 0.396. The standard InChI is InChI=1S/C8H8FNO2/c9-10-7(8(11)12)6-4-2-1-3-5-6/h1-5,7,10H,(H,11,12)/t7-/m1/s1. The van der Waals surface area contributed by atoms with Crippen molar-refractivity contribution >= 4 is 5.97 Å². The van der Waals surface area contributed by atoms with E-state index in [4.69, 9.17) is 5.11 Å². The molecule has 0 aliphatic rings. The molecule has 0 aromatic heterocycles. The Hall–Kier alpha value is -1.42. The number of rotatable bonds is 3. The van der Waals surface area contributed by atoms with E-state index in [1.807, 2.05) is 0 Å². The van der Waals surface area contributed by atoms with Crippen molar-refractivity contribution in [1.29, 1.82) is 0 Å². The van der Waals surface area contributed by atoms with E-state index >= 15 is 0 Å². The highest BCUT2D eigenvalue weighted by atomic mass is 19.2. The molecule has 2 N–H and O–H groups in total. The number of nitrogens with one attached hydrogen (secondary N) is 1. The van der Waals surface area contributed by atoms with Gasteiger partial charge in [0.1, 0.15) is 0 Å². The van der Waals surface area contributed by atoms with Crippen LogP contribution in [0.15, 0.2) is 30.3 Å². The Kier molecular flexibility index (Phi) is 2.76. The van der Waals surface area contributed by atoms with Crippen molar-refractivity contribution in [3.8, 4) is 0 Å². The Morgan fingerprint density at radius 2 is 2.00 bits per heavy atom. The highest BCUT2D eigenvalue weighted by Crippen LogP contribution is 2.11. The molecule has 1 rings (SSSR count). The second-order valence-corrected chi connectivity index (χ2v) is 2.29. The van der Waals surface area contributed by atoms with E-state index in [2.05, 4.69) is 0 Å². The number of hydrogen-bond donors (Lipinski definition) is 2. The summed E-state index contributed by atoms with van der Waals surface area (Å²) in [5.41, 5.74) is 1.61. The van der Waals surface area contributed by atoms with Crippen molar-refractivity contribution in [2.24, 2.45) is 0 Å². The molecule has 0 aliphatic carbocycles. The lowest BCUT2D eigenvalue weighted by Crippen LogP contribution is -2.21. The smallest absolute Gasteiger partial charge is 0.327 e. The molecule has 0 spiro atoms. The summed E-state index contributed by atoms with van der Waals surface area (Å²) < 4.78 is 12.0. The van der Waals surface area contributed by atoms with Crippen LogP contribution in [0, 0.1) is 0 Å². The van der Waals surface area contributed by atoms with Crippen molar-refractivity contribution in [2.75, 3.05) is 0 Å². The van der Waals surface area contributed by atoms with Crippen LogP contribution in [0.2, 0.25) is 0 Å². The van der Waals surface area contributed by atoms with E-state index < -0.39 is 12.0 Å². The predicted octanol–water partition coefficient (Wildman–Crippen LogP) is 1.29. The molecule has 0 aliphatic heterocycles. The molecule has 0 radical (unpaired) electrons. The summed E-state index contributed by atoms with van der Waals surface area (Å²) in [6.07, 6.45) is 0. The fraction of sp³-hybridized carbons (Fsp3) is 0.125. The molecular formula is C8H8FNO2. The molecule has 3 nitrogen and oxygen atoms in total. The lowest BCUT2D eigenvalue weighted by Gasteiger charge is -2.07. The second kappa shape index (κ2) is 3.82. The van der Waals surface area contributed by atoms with Gasteiger partial charge in [0, 0.05) is 0 Å². The van der Waals surface area contributed by atoms with Crippen LogP contribution in [-0.2, 0) is 4.79 Å². The van der Waals surface area contributed by atoms with Crippen LogP contribution in [0.25, 0.3) is 0 Å². The average molecular weight is 169 g/mol. The SMILES string of the molecule is O=C(O)[C@H](NF)c1ccccc1. The van der Waals surface area contributed by atoms with Crippen LogP contribution >= 0.6 is 0 Å².